The number of benzene rings is 2. The third-order valence-electron chi connectivity index (χ3n) is 5.70. The number of hydrogen-bond acceptors (Lipinski definition) is 2. The number of aliphatic hydroxyl groups excluding tert-OH is 1. The molecule has 24 heavy (non-hydrogen) atoms. The van der Waals surface area contributed by atoms with Crippen LogP contribution in [0.2, 0.25) is 5.02 Å². The van der Waals surface area contributed by atoms with Crippen LogP contribution >= 0.6 is 23.4 Å². The topological polar surface area (TPSA) is 20.2 Å². The van der Waals surface area contributed by atoms with E-state index in [1.165, 1.54) is 41.0 Å². The van der Waals surface area contributed by atoms with Crippen molar-refractivity contribution in [2.24, 2.45) is 11.8 Å². The molecule has 0 radical (unpaired) electrons. The maximum atomic E-state index is 11.3. The molecule has 2 aromatic rings. The van der Waals surface area contributed by atoms with Gasteiger partial charge in [-0.3, -0.25) is 0 Å². The Balaban J connectivity index is 1.82. The summed E-state index contributed by atoms with van der Waals surface area (Å²) in [4.78, 5) is 2.41. The molecule has 0 spiro atoms. The lowest BCUT2D eigenvalue weighted by Crippen LogP contribution is -2.24. The second-order valence-corrected chi connectivity index (χ2v) is 8.83. The van der Waals surface area contributed by atoms with E-state index in [1.807, 2.05) is 12.1 Å². The number of fused-ring (bicyclic) bond motifs is 2. The summed E-state index contributed by atoms with van der Waals surface area (Å²) in [7, 11) is 0. The summed E-state index contributed by atoms with van der Waals surface area (Å²) in [6.45, 7) is 2.34. The van der Waals surface area contributed by atoms with Crippen molar-refractivity contribution in [3.05, 3.63) is 58.6 Å². The fourth-order valence-electron chi connectivity index (χ4n) is 4.33. The molecule has 0 aromatic heterocycles. The van der Waals surface area contributed by atoms with Crippen LogP contribution in [0.5, 0.6) is 0 Å². The molecule has 2 aliphatic rings. The Morgan fingerprint density at radius 2 is 1.67 bits per heavy atom. The summed E-state index contributed by atoms with van der Waals surface area (Å²) >= 11 is 8.09. The lowest BCUT2D eigenvalue weighted by molar-refractivity contribution is 0.0926. The average molecular weight is 359 g/mol. The van der Waals surface area contributed by atoms with Gasteiger partial charge in [-0.15, -0.1) is 0 Å². The molecule has 1 heterocycles. The lowest BCUT2D eigenvalue weighted by atomic mass is 9.71. The van der Waals surface area contributed by atoms with E-state index in [2.05, 4.69) is 37.3 Å². The molecule has 0 saturated heterocycles. The normalized spacial score (nSPS) is 29.5. The molecular formula is C21H23ClOS. The van der Waals surface area contributed by atoms with Crippen LogP contribution in [-0.4, -0.2) is 5.11 Å². The second-order valence-electron chi connectivity index (χ2n) is 7.31. The van der Waals surface area contributed by atoms with Gasteiger partial charge in [0.05, 0.1) is 6.10 Å². The lowest BCUT2D eigenvalue weighted by Gasteiger charge is -2.35. The Morgan fingerprint density at radius 1 is 0.958 bits per heavy atom. The fraction of sp³-hybridized carbons (Fsp3) is 0.429. The Labute approximate surface area is 153 Å². The van der Waals surface area contributed by atoms with E-state index >= 15 is 0 Å². The first kappa shape index (κ1) is 16.5. The summed E-state index contributed by atoms with van der Waals surface area (Å²) in [5.41, 5.74) is 2.30. The monoisotopic (exact) mass is 358 g/mol. The molecule has 1 unspecified atom stereocenters. The van der Waals surface area contributed by atoms with Gasteiger partial charge in [-0.2, -0.15) is 0 Å². The zero-order valence-electron chi connectivity index (χ0n) is 13.9. The van der Waals surface area contributed by atoms with Crippen molar-refractivity contribution in [2.45, 2.75) is 54.4 Å². The van der Waals surface area contributed by atoms with Gasteiger partial charge in [0.1, 0.15) is 0 Å². The Morgan fingerprint density at radius 3 is 2.46 bits per heavy atom. The van der Waals surface area contributed by atoms with Crippen LogP contribution in [0.1, 0.15) is 55.8 Å². The van der Waals surface area contributed by atoms with Crippen molar-refractivity contribution in [2.75, 3.05) is 0 Å². The Hall–Kier alpha value is -0.960. The Kier molecular flexibility index (Phi) is 4.64. The van der Waals surface area contributed by atoms with Crippen molar-refractivity contribution in [3.63, 3.8) is 0 Å². The van der Waals surface area contributed by atoms with Gasteiger partial charge in [0, 0.05) is 20.7 Å². The van der Waals surface area contributed by atoms with Crippen LogP contribution in [0.25, 0.3) is 0 Å². The van der Waals surface area contributed by atoms with Crippen molar-refractivity contribution in [3.8, 4) is 0 Å². The minimum atomic E-state index is -0.452. The number of rotatable bonds is 1. The zero-order chi connectivity index (χ0) is 16.7. The van der Waals surface area contributed by atoms with Crippen LogP contribution in [0, 0.1) is 11.8 Å². The molecule has 3 heteroatoms. The quantitative estimate of drug-likeness (QED) is 0.632. The number of aliphatic hydroxyl groups is 1. The molecule has 1 aliphatic heterocycles. The fourth-order valence-corrected chi connectivity index (χ4v) is 5.65. The zero-order valence-corrected chi connectivity index (χ0v) is 15.5. The summed E-state index contributed by atoms with van der Waals surface area (Å²) < 4.78 is 0. The average Bonchev–Trinajstić information content (AvgIpc) is 2.70. The molecule has 0 amide bonds. The highest BCUT2D eigenvalue weighted by molar-refractivity contribution is 7.99. The summed E-state index contributed by atoms with van der Waals surface area (Å²) in [6, 6.07) is 14.5. The van der Waals surface area contributed by atoms with Gasteiger partial charge in [0.2, 0.25) is 0 Å². The summed E-state index contributed by atoms with van der Waals surface area (Å²) in [6.07, 6.45) is 4.47. The number of hydrogen-bond donors (Lipinski definition) is 1. The smallest absolute Gasteiger partial charge is 0.0872 e. The van der Waals surface area contributed by atoms with Crippen molar-refractivity contribution in [1.29, 1.82) is 0 Å². The van der Waals surface area contributed by atoms with E-state index in [9.17, 15) is 5.11 Å². The third kappa shape index (κ3) is 3.00. The minimum Gasteiger partial charge on any atom is -0.388 e. The van der Waals surface area contributed by atoms with Crippen LogP contribution in [0.4, 0.5) is 0 Å². The maximum absolute atomic E-state index is 11.3. The molecule has 1 saturated carbocycles. The largest absolute Gasteiger partial charge is 0.388 e. The molecular weight excluding hydrogens is 336 g/mol. The third-order valence-corrected chi connectivity index (χ3v) is 7.12. The van der Waals surface area contributed by atoms with Crippen LogP contribution in [-0.2, 0) is 0 Å². The minimum absolute atomic E-state index is 0.141. The van der Waals surface area contributed by atoms with Gasteiger partial charge >= 0.3 is 0 Å². The Bertz CT molecular complexity index is 736. The molecule has 126 valence electrons. The first-order valence-electron chi connectivity index (χ1n) is 8.88. The van der Waals surface area contributed by atoms with Crippen molar-refractivity contribution >= 4 is 23.4 Å². The highest BCUT2D eigenvalue weighted by Gasteiger charge is 2.37. The molecule has 4 rings (SSSR count). The van der Waals surface area contributed by atoms with E-state index in [-0.39, 0.29) is 5.92 Å². The maximum Gasteiger partial charge on any atom is 0.0872 e. The summed E-state index contributed by atoms with van der Waals surface area (Å²) in [5.74, 6) is 1.48. The number of halogens is 1. The predicted octanol–water partition coefficient (Wildman–Crippen LogP) is 6.45. The first-order chi connectivity index (χ1) is 11.6. The van der Waals surface area contributed by atoms with Gasteiger partial charge in [-0.25, -0.2) is 0 Å². The van der Waals surface area contributed by atoms with E-state index < -0.39 is 6.10 Å². The van der Waals surface area contributed by atoms with Crippen LogP contribution in [0.15, 0.2) is 52.3 Å². The van der Waals surface area contributed by atoms with E-state index in [1.54, 1.807) is 11.8 Å². The van der Waals surface area contributed by atoms with Crippen LogP contribution < -0.4 is 0 Å². The molecule has 2 atom stereocenters. The molecule has 1 nitrogen and oxygen atoms in total. The summed E-state index contributed by atoms with van der Waals surface area (Å²) in [5, 5.41) is 12.1. The van der Waals surface area contributed by atoms with Gasteiger partial charge in [0.25, 0.3) is 0 Å². The molecule has 1 fully saturated rings. The molecule has 2 aromatic carbocycles. The van der Waals surface area contributed by atoms with E-state index in [0.29, 0.717) is 5.92 Å². The highest BCUT2D eigenvalue weighted by Crippen LogP contribution is 2.52. The highest BCUT2D eigenvalue weighted by atomic mass is 35.5. The first-order valence-corrected chi connectivity index (χ1v) is 10.1. The van der Waals surface area contributed by atoms with E-state index in [0.717, 1.165) is 16.5 Å². The SMILES string of the molecule is CC1CCC(C2c3cc(Cl)ccc3Sc3ccccc3[C@H]2O)CC1. The van der Waals surface area contributed by atoms with Crippen molar-refractivity contribution < 1.29 is 5.11 Å². The van der Waals surface area contributed by atoms with Gasteiger partial charge in [0.15, 0.2) is 0 Å². The molecule has 0 bridgehead atoms. The van der Waals surface area contributed by atoms with Gasteiger partial charge < -0.3 is 5.11 Å². The van der Waals surface area contributed by atoms with Crippen molar-refractivity contribution in [1.82, 2.24) is 0 Å². The molecule has 1 aliphatic carbocycles. The van der Waals surface area contributed by atoms with Crippen LogP contribution in [0.3, 0.4) is 0 Å². The predicted molar refractivity (Wildman–Crippen MR) is 101 cm³/mol. The second kappa shape index (κ2) is 6.74. The van der Waals surface area contributed by atoms with Gasteiger partial charge in [-0.1, -0.05) is 61.3 Å². The van der Waals surface area contributed by atoms with Gasteiger partial charge in [-0.05, 0) is 60.1 Å². The standard InChI is InChI=1S/C21H23ClOS/c1-13-6-8-14(9-7-13)20-17-12-15(22)10-11-19(17)24-18-5-3-2-4-16(18)21(20)23/h2-5,10-14,20-21,23H,6-9H2,1H3/t13?,14?,20?,21-/m1/s1. The molecule has 1 N–H and O–H groups in total. The van der Waals surface area contributed by atoms with E-state index in [4.69, 9.17) is 11.6 Å².